The van der Waals surface area contributed by atoms with Crippen LogP contribution in [0.15, 0.2) is 86.6 Å². The second kappa shape index (κ2) is 8.36. The van der Waals surface area contributed by atoms with Gasteiger partial charge < -0.3 is 14.6 Å². The third-order valence-electron chi connectivity index (χ3n) is 4.85. The first-order valence-corrected chi connectivity index (χ1v) is 10.6. The summed E-state index contributed by atoms with van der Waals surface area (Å²) in [6.45, 7) is 0. The quantitative estimate of drug-likeness (QED) is 0.262. The number of aromatic hydroxyl groups is 2. The largest absolute Gasteiger partial charge is 0.504 e. The highest BCUT2D eigenvalue weighted by atomic mass is 32.1. The van der Waals surface area contributed by atoms with E-state index in [4.69, 9.17) is 4.42 Å². The Kier molecular flexibility index (Phi) is 5.23. The van der Waals surface area contributed by atoms with Crippen LogP contribution in [0, 0.1) is 11.6 Å². The van der Waals surface area contributed by atoms with Crippen LogP contribution >= 0.6 is 11.3 Å². The van der Waals surface area contributed by atoms with Crippen LogP contribution in [0.5, 0.6) is 11.5 Å². The normalized spacial score (nSPS) is 12.2. The van der Waals surface area contributed by atoms with Gasteiger partial charge in [0.2, 0.25) is 4.80 Å². The van der Waals surface area contributed by atoms with Crippen LogP contribution in [-0.4, -0.2) is 21.1 Å². The molecule has 5 aromatic rings. The number of nitrogens with zero attached hydrogens (tertiary/aromatic N) is 3. The van der Waals surface area contributed by atoms with Gasteiger partial charge >= 0.3 is 0 Å². The Morgan fingerprint density at radius 1 is 0.970 bits per heavy atom. The molecule has 164 valence electrons. The average molecular weight is 463 g/mol. The molecule has 0 aliphatic carbocycles. The summed E-state index contributed by atoms with van der Waals surface area (Å²) < 4.78 is 34.9. The molecular weight excluding hydrogens is 448 g/mol. The second-order valence-corrected chi connectivity index (χ2v) is 7.87. The van der Waals surface area contributed by atoms with Crippen LogP contribution in [-0.2, 0) is 0 Å². The first kappa shape index (κ1) is 20.7. The SMILES string of the molecule is Oc1cccc(C=Nn2c(-c3cc4ccccc4o3)csc2=Nc2ccc(F)cc2F)c1O. The molecule has 0 saturated heterocycles. The Hall–Kier alpha value is -4.24. The molecular formula is C24H15F2N3O3S. The highest BCUT2D eigenvalue weighted by molar-refractivity contribution is 7.07. The lowest BCUT2D eigenvalue weighted by Crippen LogP contribution is -2.11. The molecule has 33 heavy (non-hydrogen) atoms. The minimum atomic E-state index is -0.810. The van der Waals surface area contributed by atoms with Gasteiger partial charge in [-0.15, -0.1) is 11.3 Å². The Morgan fingerprint density at radius 3 is 2.64 bits per heavy atom. The van der Waals surface area contributed by atoms with Gasteiger partial charge in [0.25, 0.3) is 0 Å². The van der Waals surface area contributed by atoms with Gasteiger partial charge in [0.15, 0.2) is 23.1 Å². The van der Waals surface area contributed by atoms with Crippen molar-refractivity contribution in [2.75, 3.05) is 0 Å². The van der Waals surface area contributed by atoms with E-state index < -0.39 is 11.6 Å². The van der Waals surface area contributed by atoms with Gasteiger partial charge in [-0.2, -0.15) is 5.10 Å². The van der Waals surface area contributed by atoms with Gasteiger partial charge in [-0.3, -0.25) is 0 Å². The number of phenols is 2. The summed E-state index contributed by atoms with van der Waals surface area (Å²) in [7, 11) is 0. The lowest BCUT2D eigenvalue weighted by molar-refractivity contribution is 0.403. The lowest BCUT2D eigenvalue weighted by atomic mass is 10.2. The second-order valence-electron chi connectivity index (χ2n) is 7.03. The molecule has 0 bridgehead atoms. The number of phenolic OH excluding ortho intramolecular Hbond substituents is 2. The Morgan fingerprint density at radius 2 is 1.82 bits per heavy atom. The van der Waals surface area contributed by atoms with Crippen molar-refractivity contribution in [2.45, 2.75) is 0 Å². The molecule has 0 atom stereocenters. The Bertz CT molecular complexity index is 1550. The van der Waals surface area contributed by atoms with E-state index in [1.54, 1.807) is 17.5 Å². The number of hydrogen-bond acceptors (Lipinski definition) is 6. The number of rotatable bonds is 4. The third kappa shape index (κ3) is 4.01. The van der Waals surface area contributed by atoms with Crippen molar-refractivity contribution >= 4 is 34.2 Å². The van der Waals surface area contributed by atoms with E-state index in [9.17, 15) is 19.0 Å². The molecule has 0 unspecified atom stereocenters. The summed E-state index contributed by atoms with van der Waals surface area (Å²) >= 11 is 1.18. The van der Waals surface area contributed by atoms with Gasteiger partial charge in [0, 0.05) is 22.4 Å². The molecule has 5 rings (SSSR count). The molecule has 3 aromatic carbocycles. The fourth-order valence-corrected chi connectivity index (χ4v) is 4.04. The van der Waals surface area contributed by atoms with E-state index >= 15 is 0 Å². The van der Waals surface area contributed by atoms with Gasteiger partial charge in [-0.05, 0) is 36.4 Å². The number of benzene rings is 3. The van der Waals surface area contributed by atoms with E-state index in [1.165, 1.54) is 34.4 Å². The van der Waals surface area contributed by atoms with Crippen molar-refractivity contribution < 1.29 is 23.4 Å². The third-order valence-corrected chi connectivity index (χ3v) is 5.66. The predicted octanol–water partition coefficient (Wildman–Crippen LogP) is 5.77. The van der Waals surface area contributed by atoms with E-state index in [0.717, 1.165) is 17.5 Å². The number of aromatic nitrogens is 1. The van der Waals surface area contributed by atoms with Gasteiger partial charge in [0.05, 0.1) is 6.21 Å². The monoisotopic (exact) mass is 463 g/mol. The van der Waals surface area contributed by atoms with Crippen LogP contribution in [0.25, 0.3) is 22.4 Å². The number of para-hydroxylation sites is 2. The maximum atomic E-state index is 14.2. The van der Waals surface area contributed by atoms with Crippen molar-refractivity contribution in [2.24, 2.45) is 10.1 Å². The molecule has 0 amide bonds. The van der Waals surface area contributed by atoms with Crippen molar-refractivity contribution in [1.29, 1.82) is 0 Å². The summed E-state index contributed by atoms with van der Waals surface area (Å²) in [4.78, 5) is 4.59. The fourth-order valence-electron chi connectivity index (χ4n) is 3.22. The first-order chi connectivity index (χ1) is 16.0. The van der Waals surface area contributed by atoms with E-state index in [0.29, 0.717) is 17.0 Å². The standard InChI is InChI=1S/C24H15F2N3O3S/c25-16-8-9-18(17(26)11-16)28-24-29(27-12-15-5-3-6-20(30)23(15)31)19(13-33-24)22-10-14-4-1-2-7-21(14)32-22/h1-13,30-31H. The smallest absolute Gasteiger partial charge is 0.211 e. The molecule has 0 saturated carbocycles. The number of fused-ring (bicyclic) bond motifs is 1. The molecule has 0 fully saturated rings. The fraction of sp³-hybridized carbons (Fsp3) is 0. The zero-order valence-electron chi connectivity index (χ0n) is 16.8. The molecule has 2 aromatic heterocycles. The summed E-state index contributed by atoms with van der Waals surface area (Å²) in [6.07, 6.45) is 1.34. The predicted molar refractivity (Wildman–Crippen MR) is 122 cm³/mol. The summed E-state index contributed by atoms with van der Waals surface area (Å²) in [5, 5.41) is 26.9. The molecule has 6 nitrogen and oxygen atoms in total. The van der Waals surface area contributed by atoms with Crippen LogP contribution in [0.2, 0.25) is 0 Å². The van der Waals surface area contributed by atoms with Crippen molar-refractivity contribution in [3.8, 4) is 23.0 Å². The average Bonchev–Trinajstić information content (AvgIpc) is 3.40. The van der Waals surface area contributed by atoms with Crippen molar-refractivity contribution in [3.05, 3.63) is 94.1 Å². The molecule has 0 spiro atoms. The summed E-state index contributed by atoms with van der Waals surface area (Å²) in [5.41, 5.74) is 1.43. The maximum Gasteiger partial charge on any atom is 0.211 e. The molecule has 0 aliphatic rings. The van der Waals surface area contributed by atoms with Crippen LogP contribution < -0.4 is 4.80 Å². The summed E-state index contributed by atoms with van der Waals surface area (Å²) in [6, 6.07) is 16.9. The van der Waals surface area contributed by atoms with Crippen LogP contribution in [0.3, 0.4) is 0 Å². The van der Waals surface area contributed by atoms with Crippen molar-refractivity contribution in [1.82, 2.24) is 4.68 Å². The highest BCUT2D eigenvalue weighted by Gasteiger charge is 2.14. The number of furan rings is 1. The Labute approximate surface area is 189 Å². The van der Waals surface area contributed by atoms with E-state index in [1.807, 2.05) is 30.3 Å². The molecule has 0 aliphatic heterocycles. The molecule has 2 N–H and O–H groups in total. The first-order valence-electron chi connectivity index (χ1n) is 9.74. The molecule has 9 heteroatoms. The van der Waals surface area contributed by atoms with E-state index in [2.05, 4.69) is 10.1 Å². The zero-order valence-corrected chi connectivity index (χ0v) is 17.6. The van der Waals surface area contributed by atoms with Crippen molar-refractivity contribution in [3.63, 3.8) is 0 Å². The zero-order chi connectivity index (χ0) is 22.9. The lowest BCUT2D eigenvalue weighted by Gasteiger charge is -2.03. The topological polar surface area (TPSA) is 83.2 Å². The highest BCUT2D eigenvalue weighted by Crippen LogP contribution is 2.30. The van der Waals surface area contributed by atoms with Crippen LogP contribution in [0.4, 0.5) is 14.5 Å². The minimum Gasteiger partial charge on any atom is -0.504 e. The van der Waals surface area contributed by atoms with Gasteiger partial charge in [-0.25, -0.2) is 18.4 Å². The van der Waals surface area contributed by atoms with Crippen LogP contribution in [0.1, 0.15) is 5.56 Å². The number of halogens is 2. The van der Waals surface area contributed by atoms with Gasteiger partial charge in [-0.1, -0.05) is 24.3 Å². The maximum absolute atomic E-state index is 14.2. The number of hydrogen-bond donors (Lipinski definition) is 2. The molecule has 2 heterocycles. The Balaban J connectivity index is 1.69. The molecule has 0 radical (unpaired) electrons. The minimum absolute atomic E-state index is 0.0569. The summed E-state index contributed by atoms with van der Waals surface area (Å²) in [5.74, 6) is -1.62. The van der Waals surface area contributed by atoms with Gasteiger partial charge in [0.1, 0.15) is 22.8 Å². The van der Waals surface area contributed by atoms with E-state index in [-0.39, 0.29) is 27.6 Å². The number of thiazole rings is 1.